The largest absolute Gasteiger partial charge is 0.345 e. The molecule has 4 rings (SSSR count). The second-order valence-corrected chi connectivity index (χ2v) is 8.43. The maximum atomic E-state index is 12.2. The van der Waals surface area contributed by atoms with E-state index in [1.54, 1.807) is 42.6 Å². The molecular formula is C25H24N4OS. The number of aryl methyl sites for hydroxylation is 1. The maximum Gasteiger partial charge on any atom is 0.253 e. The lowest BCUT2D eigenvalue weighted by Crippen LogP contribution is -2.21. The summed E-state index contributed by atoms with van der Waals surface area (Å²) in [5.74, 6) is 0.452. The highest BCUT2D eigenvalue weighted by atomic mass is 32.1. The molecule has 0 aliphatic heterocycles. The van der Waals surface area contributed by atoms with E-state index < -0.39 is 0 Å². The molecule has 4 aromatic rings. The SMILES string of the molecule is CCc1ccccc1-c1ccc(-c2ccnc(Nc3cccc(C(=O)N(C)C)c3)n2)s1. The summed E-state index contributed by atoms with van der Waals surface area (Å²) in [5.41, 5.74) is 4.87. The minimum absolute atomic E-state index is 0.0446. The predicted molar refractivity (Wildman–Crippen MR) is 128 cm³/mol. The highest BCUT2D eigenvalue weighted by molar-refractivity contribution is 7.18. The molecule has 2 aromatic heterocycles. The highest BCUT2D eigenvalue weighted by Gasteiger charge is 2.11. The summed E-state index contributed by atoms with van der Waals surface area (Å²) in [5, 5.41) is 3.22. The Hall–Kier alpha value is -3.51. The van der Waals surface area contributed by atoms with Gasteiger partial charge in [-0.2, -0.15) is 0 Å². The number of rotatable bonds is 6. The van der Waals surface area contributed by atoms with E-state index in [1.807, 2.05) is 24.3 Å². The van der Waals surface area contributed by atoms with Crippen LogP contribution in [0, 0.1) is 0 Å². The Morgan fingerprint density at radius 3 is 2.61 bits per heavy atom. The monoisotopic (exact) mass is 428 g/mol. The summed E-state index contributed by atoms with van der Waals surface area (Å²) in [7, 11) is 3.48. The van der Waals surface area contributed by atoms with E-state index in [0.29, 0.717) is 11.5 Å². The van der Waals surface area contributed by atoms with Gasteiger partial charge in [0.05, 0.1) is 10.6 Å². The number of benzene rings is 2. The summed E-state index contributed by atoms with van der Waals surface area (Å²) < 4.78 is 0. The molecule has 2 aromatic carbocycles. The Morgan fingerprint density at radius 2 is 1.81 bits per heavy atom. The van der Waals surface area contributed by atoms with Gasteiger partial charge in [-0.25, -0.2) is 9.97 Å². The fourth-order valence-electron chi connectivity index (χ4n) is 3.36. The first kappa shape index (κ1) is 20.8. The molecular weight excluding hydrogens is 404 g/mol. The lowest BCUT2D eigenvalue weighted by atomic mass is 10.0. The van der Waals surface area contributed by atoms with Crippen molar-refractivity contribution < 1.29 is 4.79 Å². The fourth-order valence-corrected chi connectivity index (χ4v) is 4.40. The topological polar surface area (TPSA) is 58.1 Å². The van der Waals surface area contributed by atoms with Gasteiger partial charge < -0.3 is 10.2 Å². The van der Waals surface area contributed by atoms with Gasteiger partial charge in [-0.3, -0.25) is 4.79 Å². The number of hydrogen-bond acceptors (Lipinski definition) is 5. The van der Waals surface area contributed by atoms with Crippen molar-refractivity contribution in [2.75, 3.05) is 19.4 Å². The summed E-state index contributed by atoms with van der Waals surface area (Å²) in [4.78, 5) is 25.1. The van der Waals surface area contributed by atoms with Gasteiger partial charge in [-0.05, 0) is 53.9 Å². The van der Waals surface area contributed by atoms with Crippen molar-refractivity contribution in [1.82, 2.24) is 14.9 Å². The van der Waals surface area contributed by atoms with Crippen LogP contribution in [0.1, 0.15) is 22.8 Å². The van der Waals surface area contributed by atoms with Crippen molar-refractivity contribution >= 4 is 28.9 Å². The average Bonchev–Trinajstić information content (AvgIpc) is 3.29. The Labute approximate surface area is 186 Å². The quantitative estimate of drug-likeness (QED) is 0.417. The fraction of sp³-hybridized carbons (Fsp3) is 0.160. The lowest BCUT2D eigenvalue weighted by Gasteiger charge is -2.11. The Bertz CT molecular complexity index is 1220. The van der Waals surface area contributed by atoms with Crippen molar-refractivity contribution in [3.63, 3.8) is 0 Å². The van der Waals surface area contributed by atoms with Crippen LogP contribution < -0.4 is 5.32 Å². The molecule has 2 heterocycles. The zero-order valence-corrected chi connectivity index (χ0v) is 18.6. The van der Waals surface area contributed by atoms with Crippen molar-refractivity contribution in [2.45, 2.75) is 13.3 Å². The van der Waals surface area contributed by atoms with Crippen LogP contribution in [0.15, 0.2) is 72.9 Å². The maximum absolute atomic E-state index is 12.2. The third kappa shape index (κ3) is 4.64. The van der Waals surface area contributed by atoms with E-state index in [2.05, 4.69) is 53.6 Å². The molecule has 0 spiro atoms. The second kappa shape index (κ2) is 9.10. The molecule has 1 N–H and O–H groups in total. The molecule has 0 saturated heterocycles. The van der Waals surface area contributed by atoms with Crippen molar-refractivity contribution in [2.24, 2.45) is 0 Å². The smallest absolute Gasteiger partial charge is 0.253 e. The van der Waals surface area contributed by atoms with E-state index in [4.69, 9.17) is 4.98 Å². The molecule has 0 radical (unpaired) electrons. The van der Waals surface area contributed by atoms with Crippen LogP contribution in [0.2, 0.25) is 0 Å². The van der Waals surface area contributed by atoms with Gasteiger partial charge >= 0.3 is 0 Å². The number of nitrogens with zero attached hydrogens (tertiary/aromatic N) is 3. The summed E-state index contributed by atoms with van der Waals surface area (Å²) in [6, 6.07) is 22.0. The number of amides is 1. The van der Waals surface area contributed by atoms with Crippen LogP contribution in [0.5, 0.6) is 0 Å². The van der Waals surface area contributed by atoms with E-state index in [9.17, 15) is 4.79 Å². The van der Waals surface area contributed by atoms with Crippen LogP contribution in [-0.4, -0.2) is 34.9 Å². The van der Waals surface area contributed by atoms with Crippen LogP contribution in [0.3, 0.4) is 0 Å². The molecule has 1 amide bonds. The normalized spacial score (nSPS) is 10.7. The van der Waals surface area contributed by atoms with Crippen LogP contribution >= 0.6 is 11.3 Å². The van der Waals surface area contributed by atoms with E-state index >= 15 is 0 Å². The molecule has 0 fully saturated rings. The predicted octanol–water partition coefficient (Wildman–Crippen LogP) is 5.88. The van der Waals surface area contributed by atoms with Crippen LogP contribution in [-0.2, 0) is 6.42 Å². The number of nitrogens with one attached hydrogen (secondary N) is 1. The molecule has 0 saturated carbocycles. The number of anilines is 2. The van der Waals surface area contributed by atoms with Gasteiger partial charge in [0.15, 0.2) is 0 Å². The number of aromatic nitrogens is 2. The number of carbonyl (C=O) groups excluding carboxylic acids is 1. The lowest BCUT2D eigenvalue weighted by molar-refractivity contribution is 0.0827. The van der Waals surface area contributed by atoms with Gasteiger partial charge in [0, 0.05) is 36.4 Å². The molecule has 0 aliphatic rings. The number of hydrogen-bond donors (Lipinski definition) is 1. The first-order chi connectivity index (χ1) is 15.0. The molecule has 0 unspecified atom stereocenters. The Morgan fingerprint density at radius 1 is 1.00 bits per heavy atom. The van der Waals surface area contributed by atoms with Crippen LogP contribution in [0.25, 0.3) is 21.0 Å². The van der Waals surface area contributed by atoms with Gasteiger partial charge in [0.25, 0.3) is 5.91 Å². The highest BCUT2D eigenvalue weighted by Crippen LogP contribution is 2.35. The first-order valence-electron chi connectivity index (χ1n) is 10.2. The summed E-state index contributed by atoms with van der Waals surface area (Å²) in [6.07, 6.45) is 2.75. The minimum Gasteiger partial charge on any atom is -0.345 e. The van der Waals surface area contributed by atoms with E-state index in [1.165, 1.54) is 16.0 Å². The number of carbonyl (C=O) groups is 1. The Kier molecular flexibility index (Phi) is 6.09. The number of thiophene rings is 1. The van der Waals surface area contributed by atoms with Gasteiger partial charge in [-0.1, -0.05) is 37.3 Å². The third-order valence-corrected chi connectivity index (χ3v) is 6.09. The molecule has 0 atom stereocenters. The molecule has 0 aliphatic carbocycles. The molecule has 0 bridgehead atoms. The van der Waals surface area contributed by atoms with Gasteiger partial charge in [-0.15, -0.1) is 11.3 Å². The second-order valence-electron chi connectivity index (χ2n) is 7.35. The molecule has 156 valence electrons. The zero-order chi connectivity index (χ0) is 21.8. The standard InChI is InChI=1S/C25H24N4OS/c1-4-17-8-5-6-11-20(17)22-12-13-23(31-22)21-14-15-26-25(28-21)27-19-10-7-9-18(16-19)24(30)29(2)3/h5-16H,4H2,1-3H3,(H,26,27,28). The summed E-state index contributed by atoms with van der Waals surface area (Å²) >= 11 is 1.72. The van der Waals surface area contributed by atoms with Crippen LogP contribution in [0.4, 0.5) is 11.6 Å². The van der Waals surface area contributed by atoms with Crippen molar-refractivity contribution in [1.29, 1.82) is 0 Å². The van der Waals surface area contributed by atoms with Gasteiger partial charge in [0.1, 0.15) is 0 Å². The minimum atomic E-state index is -0.0446. The van der Waals surface area contributed by atoms with E-state index in [0.717, 1.165) is 22.7 Å². The van der Waals surface area contributed by atoms with E-state index in [-0.39, 0.29) is 5.91 Å². The average molecular weight is 429 g/mol. The summed E-state index contributed by atoms with van der Waals surface area (Å²) in [6.45, 7) is 2.18. The van der Waals surface area contributed by atoms with Crippen molar-refractivity contribution in [3.8, 4) is 21.0 Å². The first-order valence-corrected chi connectivity index (χ1v) is 11.0. The third-order valence-electron chi connectivity index (χ3n) is 4.95. The van der Waals surface area contributed by atoms with Crippen molar-refractivity contribution in [3.05, 3.63) is 84.1 Å². The van der Waals surface area contributed by atoms with Gasteiger partial charge in [0.2, 0.25) is 5.95 Å². The Balaban J connectivity index is 1.58. The molecule has 31 heavy (non-hydrogen) atoms. The zero-order valence-electron chi connectivity index (χ0n) is 17.8. The molecule has 6 heteroatoms. The molecule has 5 nitrogen and oxygen atoms in total.